The molecule has 2 N–H and O–H groups in total. The average molecular weight is 219 g/mol. The molecule has 0 aliphatic rings. The number of rotatable bonds is 10. The molecule has 0 heterocycles. The Labute approximate surface area is 88.7 Å². The van der Waals surface area contributed by atoms with Crippen molar-refractivity contribution in [1.29, 1.82) is 0 Å². The van der Waals surface area contributed by atoms with Gasteiger partial charge >= 0.3 is 0 Å². The Morgan fingerprint density at radius 1 is 1.31 bits per heavy atom. The van der Waals surface area contributed by atoms with E-state index in [1.807, 2.05) is 11.8 Å². The minimum Gasteiger partial charge on any atom is -0.396 e. The summed E-state index contributed by atoms with van der Waals surface area (Å²) >= 11 is 1.81. The van der Waals surface area contributed by atoms with Crippen LogP contribution in [0.3, 0.4) is 0 Å². The fourth-order valence-corrected chi connectivity index (χ4v) is 2.35. The maximum absolute atomic E-state index is 8.53. The highest BCUT2D eigenvalue weighted by Gasteiger charge is 1.90. The van der Waals surface area contributed by atoms with Crippen molar-refractivity contribution in [3.8, 4) is 0 Å². The third-order valence-corrected chi connectivity index (χ3v) is 3.79. The molecule has 4 heteroatoms. The molecule has 0 aromatic carbocycles. The minimum absolute atomic E-state index is 0.308. The lowest BCUT2D eigenvalue weighted by atomic mass is 10.5. The van der Waals surface area contributed by atoms with Crippen LogP contribution >= 0.6 is 11.8 Å². The summed E-state index contributed by atoms with van der Waals surface area (Å²) in [6.07, 6.45) is 1.32. The van der Waals surface area contributed by atoms with Gasteiger partial charge in [-0.1, -0.05) is 19.0 Å². The molecule has 0 saturated heterocycles. The number of thioether (sulfide) groups is 1. The van der Waals surface area contributed by atoms with Crippen molar-refractivity contribution in [3.05, 3.63) is 0 Å². The lowest BCUT2D eigenvalue weighted by Gasteiger charge is -2.03. The van der Waals surface area contributed by atoms with Crippen molar-refractivity contribution in [3.63, 3.8) is 0 Å². The van der Waals surface area contributed by atoms with Crippen LogP contribution in [0, 0.1) is 0 Å². The van der Waals surface area contributed by atoms with Gasteiger partial charge in [0.1, 0.15) is 0 Å². The number of hydrogen-bond acceptors (Lipinski definition) is 3. The lowest BCUT2D eigenvalue weighted by molar-refractivity contribution is 0.322. The molecule has 2 nitrogen and oxygen atoms in total. The molecule has 0 atom stereocenters. The normalized spacial score (nSPS) is 10.6. The smallest absolute Gasteiger partial charge is 0.0521 e. The van der Waals surface area contributed by atoms with Gasteiger partial charge in [0.05, 0.1) is 6.61 Å². The summed E-state index contributed by atoms with van der Waals surface area (Å²) in [6.45, 7) is 4.80. The van der Waals surface area contributed by atoms with Crippen LogP contribution in [0.1, 0.15) is 13.3 Å². The highest BCUT2D eigenvalue weighted by molar-refractivity contribution is 7.99. The predicted molar refractivity (Wildman–Crippen MR) is 62.9 cm³/mol. The van der Waals surface area contributed by atoms with Gasteiger partial charge in [0, 0.05) is 27.6 Å². The molecule has 13 heavy (non-hydrogen) atoms. The fourth-order valence-electron chi connectivity index (χ4n) is 0.951. The van der Waals surface area contributed by atoms with Gasteiger partial charge in [-0.15, -0.1) is 0 Å². The van der Waals surface area contributed by atoms with Gasteiger partial charge in [0.15, 0.2) is 0 Å². The molecule has 0 aliphatic heterocycles. The van der Waals surface area contributed by atoms with E-state index in [0.29, 0.717) is 6.61 Å². The van der Waals surface area contributed by atoms with Crippen molar-refractivity contribution in [2.75, 3.05) is 31.2 Å². The topological polar surface area (TPSA) is 32.3 Å². The molecule has 0 spiro atoms. The fraction of sp³-hybridized carbons (Fsp3) is 1.00. The zero-order valence-corrected chi connectivity index (χ0v) is 10.3. The van der Waals surface area contributed by atoms with E-state index in [1.54, 1.807) is 0 Å². The van der Waals surface area contributed by atoms with Crippen molar-refractivity contribution < 1.29 is 5.11 Å². The van der Waals surface area contributed by atoms with E-state index in [1.165, 1.54) is 18.5 Å². The first-order chi connectivity index (χ1) is 6.41. The molecule has 0 aliphatic carbocycles. The Balaban J connectivity index is 2.76. The molecule has 0 aromatic heterocycles. The Bertz CT molecular complexity index is 85.7. The van der Waals surface area contributed by atoms with Crippen LogP contribution in [-0.2, 0) is 0 Å². The van der Waals surface area contributed by atoms with Crippen molar-refractivity contribution in [2.45, 2.75) is 25.4 Å². The van der Waals surface area contributed by atoms with Crippen LogP contribution in [0.5, 0.6) is 0 Å². The molecule has 0 rings (SSSR count). The van der Waals surface area contributed by atoms with E-state index in [-0.39, 0.29) is 0 Å². The van der Waals surface area contributed by atoms with Gasteiger partial charge in [-0.3, -0.25) is 0 Å². The van der Waals surface area contributed by atoms with Crippen LogP contribution in [-0.4, -0.2) is 45.8 Å². The first-order valence-corrected chi connectivity index (χ1v) is 7.58. The zero-order valence-electron chi connectivity index (χ0n) is 8.51. The largest absolute Gasteiger partial charge is 0.396 e. The minimum atomic E-state index is 0.308. The Morgan fingerprint density at radius 2 is 2.15 bits per heavy atom. The summed E-state index contributed by atoms with van der Waals surface area (Å²) in [5.41, 5.74) is 0. The van der Waals surface area contributed by atoms with Gasteiger partial charge in [-0.2, -0.15) is 11.8 Å². The van der Waals surface area contributed by atoms with Crippen LogP contribution in [0.2, 0.25) is 12.1 Å². The summed E-state index contributed by atoms with van der Waals surface area (Å²) < 4.78 is 0. The third kappa shape index (κ3) is 12.5. The van der Waals surface area contributed by atoms with E-state index in [4.69, 9.17) is 5.11 Å². The first-order valence-electron chi connectivity index (χ1n) is 5.01. The van der Waals surface area contributed by atoms with Crippen molar-refractivity contribution >= 4 is 21.3 Å². The standard InChI is InChI=1S/C9H21NOSSi/c1-2-13-9-3-4-10-5-7-12-8-6-11/h10-11H,2-9H2,1H3. The maximum atomic E-state index is 8.53. The number of hydrogen-bond donors (Lipinski definition) is 2. The third-order valence-electron chi connectivity index (χ3n) is 1.62. The van der Waals surface area contributed by atoms with E-state index in [9.17, 15) is 0 Å². The second-order valence-electron chi connectivity index (χ2n) is 2.79. The van der Waals surface area contributed by atoms with Crippen molar-refractivity contribution in [2.24, 2.45) is 0 Å². The summed E-state index contributed by atoms with van der Waals surface area (Å²) in [5, 5.41) is 11.9. The van der Waals surface area contributed by atoms with E-state index in [2.05, 4.69) is 12.2 Å². The molecule has 0 saturated carbocycles. The molecular formula is C9H21NOSSi. The average Bonchev–Trinajstić information content (AvgIpc) is 2.16. The Morgan fingerprint density at radius 3 is 2.85 bits per heavy atom. The quantitative estimate of drug-likeness (QED) is 0.428. The molecule has 0 aromatic rings. The molecule has 0 fully saturated rings. The number of aliphatic hydroxyl groups excluding tert-OH is 1. The Kier molecular flexibility index (Phi) is 13.0. The maximum Gasteiger partial charge on any atom is 0.0521 e. The van der Waals surface area contributed by atoms with E-state index < -0.39 is 0 Å². The van der Waals surface area contributed by atoms with Gasteiger partial charge in [-0.05, 0) is 13.0 Å². The molecule has 0 unspecified atom stereocenters. The summed E-state index contributed by atoms with van der Waals surface area (Å²) in [7, 11) is 1.15. The van der Waals surface area contributed by atoms with E-state index in [0.717, 1.165) is 34.1 Å². The highest BCUT2D eigenvalue weighted by atomic mass is 32.2. The van der Waals surface area contributed by atoms with Gasteiger partial charge in [-0.25, -0.2) is 0 Å². The van der Waals surface area contributed by atoms with Crippen LogP contribution in [0.15, 0.2) is 0 Å². The molecule has 0 bridgehead atoms. The predicted octanol–water partition coefficient (Wildman–Crippen LogP) is 1.25. The lowest BCUT2D eigenvalue weighted by Crippen LogP contribution is -2.18. The van der Waals surface area contributed by atoms with Crippen LogP contribution in [0.4, 0.5) is 0 Å². The van der Waals surface area contributed by atoms with Gasteiger partial charge in [0.25, 0.3) is 0 Å². The SMILES string of the molecule is CC[Si]CCCNCCSCCO. The second-order valence-corrected chi connectivity index (χ2v) is 5.72. The Hall–Kier alpha value is 0.487. The van der Waals surface area contributed by atoms with Gasteiger partial charge in [0.2, 0.25) is 0 Å². The summed E-state index contributed by atoms with van der Waals surface area (Å²) in [5.74, 6) is 2.00. The summed E-state index contributed by atoms with van der Waals surface area (Å²) in [4.78, 5) is 0. The number of aliphatic hydroxyl groups is 1. The molecule has 0 amide bonds. The van der Waals surface area contributed by atoms with Crippen LogP contribution in [0.25, 0.3) is 0 Å². The first kappa shape index (κ1) is 13.5. The van der Waals surface area contributed by atoms with Crippen molar-refractivity contribution in [1.82, 2.24) is 5.32 Å². The van der Waals surface area contributed by atoms with Crippen LogP contribution < -0.4 is 5.32 Å². The zero-order chi connectivity index (χ0) is 9.78. The monoisotopic (exact) mass is 219 g/mol. The molecule has 2 radical (unpaired) electrons. The molecule has 78 valence electrons. The highest BCUT2D eigenvalue weighted by Crippen LogP contribution is 1.96. The van der Waals surface area contributed by atoms with Gasteiger partial charge < -0.3 is 10.4 Å². The molecular weight excluding hydrogens is 198 g/mol. The number of nitrogens with one attached hydrogen (secondary N) is 1. The van der Waals surface area contributed by atoms with E-state index >= 15 is 0 Å². The second kappa shape index (κ2) is 12.5. The summed E-state index contributed by atoms with van der Waals surface area (Å²) in [6, 6.07) is 2.72.